The molecule has 27 heavy (non-hydrogen) atoms. The lowest BCUT2D eigenvalue weighted by molar-refractivity contribution is -0.136. The molecule has 0 aliphatic heterocycles. The quantitative estimate of drug-likeness (QED) is 0.694. The number of benzene rings is 1. The van der Waals surface area contributed by atoms with E-state index in [9.17, 15) is 14.4 Å². The number of thiophene rings is 1. The maximum atomic E-state index is 12.7. The van der Waals surface area contributed by atoms with Crippen molar-refractivity contribution in [3.8, 4) is 0 Å². The van der Waals surface area contributed by atoms with Gasteiger partial charge in [-0.05, 0) is 23.9 Å². The van der Waals surface area contributed by atoms with Gasteiger partial charge in [0.05, 0.1) is 25.6 Å². The number of rotatable bonds is 9. The van der Waals surface area contributed by atoms with Crippen LogP contribution in [-0.2, 0) is 20.9 Å². The number of hydrogen-bond acceptors (Lipinski definition) is 4. The van der Waals surface area contributed by atoms with Crippen LogP contribution in [0.5, 0.6) is 0 Å². The van der Waals surface area contributed by atoms with Gasteiger partial charge in [0.2, 0.25) is 17.7 Å². The fraction of sp³-hybridized carbons (Fsp3) is 0.350. The van der Waals surface area contributed by atoms with Crippen LogP contribution in [0.2, 0.25) is 0 Å². The SMILES string of the molecule is CCN(CC(=O)NCc1cccs1)C(=O)C[C@@H](NC(C)=O)c1ccccc1. The van der Waals surface area contributed by atoms with E-state index in [4.69, 9.17) is 0 Å². The summed E-state index contributed by atoms with van der Waals surface area (Å²) in [6.45, 7) is 4.15. The van der Waals surface area contributed by atoms with Crippen LogP contribution in [0.25, 0.3) is 0 Å². The molecule has 2 rings (SSSR count). The van der Waals surface area contributed by atoms with Crippen molar-refractivity contribution in [1.29, 1.82) is 0 Å². The third-order valence-electron chi connectivity index (χ3n) is 4.07. The van der Waals surface area contributed by atoms with E-state index in [0.717, 1.165) is 10.4 Å². The van der Waals surface area contributed by atoms with Crippen molar-refractivity contribution >= 4 is 29.1 Å². The first-order chi connectivity index (χ1) is 13.0. The van der Waals surface area contributed by atoms with Gasteiger partial charge in [-0.2, -0.15) is 0 Å². The normalized spacial score (nSPS) is 11.5. The van der Waals surface area contributed by atoms with Crippen molar-refractivity contribution < 1.29 is 14.4 Å². The zero-order chi connectivity index (χ0) is 19.6. The van der Waals surface area contributed by atoms with E-state index in [1.165, 1.54) is 11.8 Å². The van der Waals surface area contributed by atoms with E-state index >= 15 is 0 Å². The van der Waals surface area contributed by atoms with Crippen LogP contribution in [0, 0.1) is 0 Å². The highest BCUT2D eigenvalue weighted by Crippen LogP contribution is 2.18. The highest BCUT2D eigenvalue weighted by Gasteiger charge is 2.22. The summed E-state index contributed by atoms with van der Waals surface area (Å²) in [5, 5.41) is 7.60. The standard InChI is InChI=1S/C20H25N3O3S/c1-3-23(14-19(25)21-13-17-10-7-11-27-17)20(26)12-18(22-15(2)24)16-8-5-4-6-9-16/h4-11,18H,3,12-14H2,1-2H3,(H,21,25)(H,22,24)/t18-/m1/s1. The summed E-state index contributed by atoms with van der Waals surface area (Å²) in [6.07, 6.45) is 0.107. The van der Waals surface area contributed by atoms with Gasteiger partial charge in [0.25, 0.3) is 0 Å². The number of carbonyl (C=O) groups is 3. The Morgan fingerprint density at radius 3 is 2.44 bits per heavy atom. The van der Waals surface area contributed by atoms with E-state index in [1.807, 2.05) is 54.8 Å². The van der Waals surface area contributed by atoms with Crippen molar-refractivity contribution in [2.75, 3.05) is 13.1 Å². The predicted octanol–water partition coefficient (Wildman–Crippen LogP) is 2.48. The molecular formula is C20H25N3O3S. The average Bonchev–Trinajstić information content (AvgIpc) is 3.17. The third kappa shape index (κ3) is 6.86. The molecule has 0 unspecified atom stereocenters. The Balaban J connectivity index is 1.94. The van der Waals surface area contributed by atoms with Crippen LogP contribution >= 0.6 is 11.3 Å². The number of amides is 3. The maximum Gasteiger partial charge on any atom is 0.239 e. The molecular weight excluding hydrogens is 362 g/mol. The van der Waals surface area contributed by atoms with Crippen LogP contribution in [0.3, 0.4) is 0 Å². The minimum Gasteiger partial charge on any atom is -0.350 e. The molecule has 7 heteroatoms. The molecule has 2 aromatic rings. The van der Waals surface area contributed by atoms with Gasteiger partial charge >= 0.3 is 0 Å². The fourth-order valence-corrected chi connectivity index (χ4v) is 3.34. The second-order valence-electron chi connectivity index (χ2n) is 6.13. The van der Waals surface area contributed by atoms with Crippen molar-refractivity contribution in [1.82, 2.24) is 15.5 Å². The molecule has 1 aromatic heterocycles. The van der Waals surface area contributed by atoms with E-state index < -0.39 is 6.04 Å². The number of nitrogens with one attached hydrogen (secondary N) is 2. The third-order valence-corrected chi connectivity index (χ3v) is 4.94. The van der Waals surface area contributed by atoms with Crippen LogP contribution < -0.4 is 10.6 Å². The first-order valence-corrected chi connectivity index (χ1v) is 9.76. The van der Waals surface area contributed by atoms with Gasteiger partial charge in [-0.3, -0.25) is 14.4 Å². The van der Waals surface area contributed by atoms with Gasteiger partial charge in [-0.1, -0.05) is 36.4 Å². The van der Waals surface area contributed by atoms with Crippen LogP contribution in [-0.4, -0.2) is 35.7 Å². The Kier molecular flexibility index (Phi) is 8.00. The Bertz CT molecular complexity index is 747. The molecule has 1 atom stereocenters. The Morgan fingerprint density at radius 1 is 1.11 bits per heavy atom. The smallest absolute Gasteiger partial charge is 0.239 e. The first kappa shape index (κ1) is 20.6. The van der Waals surface area contributed by atoms with E-state index in [-0.39, 0.29) is 30.7 Å². The first-order valence-electron chi connectivity index (χ1n) is 8.88. The van der Waals surface area contributed by atoms with E-state index in [0.29, 0.717) is 13.1 Å². The summed E-state index contributed by atoms with van der Waals surface area (Å²) in [4.78, 5) is 39.0. The van der Waals surface area contributed by atoms with Crippen molar-refractivity contribution in [2.24, 2.45) is 0 Å². The summed E-state index contributed by atoms with van der Waals surface area (Å²) in [6, 6.07) is 12.8. The Labute approximate surface area is 163 Å². The Hall–Kier alpha value is -2.67. The number of nitrogens with zero attached hydrogens (tertiary/aromatic N) is 1. The second kappa shape index (κ2) is 10.5. The van der Waals surface area contributed by atoms with Gasteiger partial charge < -0.3 is 15.5 Å². The van der Waals surface area contributed by atoms with Gasteiger partial charge in [-0.25, -0.2) is 0 Å². The van der Waals surface area contributed by atoms with Crippen molar-refractivity contribution in [3.05, 3.63) is 58.3 Å². The highest BCUT2D eigenvalue weighted by atomic mass is 32.1. The molecule has 3 amide bonds. The lowest BCUT2D eigenvalue weighted by Gasteiger charge is -2.24. The zero-order valence-electron chi connectivity index (χ0n) is 15.6. The molecule has 0 radical (unpaired) electrons. The maximum absolute atomic E-state index is 12.7. The lowest BCUT2D eigenvalue weighted by Crippen LogP contribution is -2.42. The van der Waals surface area contributed by atoms with Gasteiger partial charge in [0, 0.05) is 18.3 Å². The Morgan fingerprint density at radius 2 is 1.85 bits per heavy atom. The number of likely N-dealkylation sites (N-methyl/N-ethyl adjacent to an activating group) is 1. The summed E-state index contributed by atoms with van der Waals surface area (Å²) in [5.41, 5.74) is 0.860. The molecule has 0 aliphatic rings. The molecule has 0 saturated heterocycles. The van der Waals surface area contributed by atoms with Crippen molar-refractivity contribution in [3.63, 3.8) is 0 Å². The summed E-state index contributed by atoms with van der Waals surface area (Å²) in [7, 11) is 0. The molecule has 0 spiro atoms. The lowest BCUT2D eigenvalue weighted by atomic mass is 10.0. The monoisotopic (exact) mass is 387 g/mol. The highest BCUT2D eigenvalue weighted by molar-refractivity contribution is 7.09. The van der Waals surface area contributed by atoms with Crippen LogP contribution in [0.15, 0.2) is 47.8 Å². The predicted molar refractivity (Wildman–Crippen MR) is 106 cm³/mol. The summed E-state index contributed by atoms with van der Waals surface area (Å²) < 4.78 is 0. The number of hydrogen-bond donors (Lipinski definition) is 2. The topological polar surface area (TPSA) is 78.5 Å². The summed E-state index contributed by atoms with van der Waals surface area (Å²) in [5.74, 6) is -0.575. The molecule has 0 saturated carbocycles. The molecule has 2 N–H and O–H groups in total. The molecule has 6 nitrogen and oxygen atoms in total. The van der Waals surface area contributed by atoms with Crippen LogP contribution in [0.4, 0.5) is 0 Å². The minimum absolute atomic E-state index is 0.00227. The largest absolute Gasteiger partial charge is 0.350 e. The van der Waals surface area contributed by atoms with Gasteiger partial charge in [-0.15, -0.1) is 11.3 Å². The van der Waals surface area contributed by atoms with Crippen LogP contribution in [0.1, 0.15) is 36.8 Å². The average molecular weight is 388 g/mol. The molecule has 1 heterocycles. The molecule has 0 aliphatic carbocycles. The van der Waals surface area contributed by atoms with E-state index in [1.54, 1.807) is 11.3 Å². The molecule has 1 aromatic carbocycles. The fourth-order valence-electron chi connectivity index (χ4n) is 2.69. The minimum atomic E-state index is -0.417. The van der Waals surface area contributed by atoms with Crippen molar-refractivity contribution in [2.45, 2.75) is 32.9 Å². The molecule has 0 fully saturated rings. The van der Waals surface area contributed by atoms with E-state index in [2.05, 4.69) is 10.6 Å². The summed E-state index contributed by atoms with van der Waals surface area (Å²) >= 11 is 1.57. The van der Waals surface area contributed by atoms with Gasteiger partial charge in [0.1, 0.15) is 0 Å². The zero-order valence-corrected chi connectivity index (χ0v) is 16.4. The number of carbonyl (C=O) groups excluding carboxylic acids is 3. The second-order valence-corrected chi connectivity index (χ2v) is 7.16. The molecule has 144 valence electrons. The van der Waals surface area contributed by atoms with Gasteiger partial charge in [0.15, 0.2) is 0 Å². The molecule has 0 bridgehead atoms.